The monoisotopic (exact) mass is 301 g/mol. The standard InChI is InChI=1S/C12H15N3O4.ClH/c1-19-12(18)7-3-2-4-8(5-7)15-11(17)9(13)6-10(14)16;/h2-5,9H,6,13H2,1H3,(H2,14,16)(H,15,17);1H. The van der Waals surface area contributed by atoms with Crippen molar-refractivity contribution < 1.29 is 19.1 Å². The summed E-state index contributed by atoms with van der Waals surface area (Å²) < 4.78 is 4.56. The van der Waals surface area contributed by atoms with E-state index in [0.717, 1.165) is 0 Å². The van der Waals surface area contributed by atoms with E-state index in [0.29, 0.717) is 11.3 Å². The Kier molecular flexibility index (Phi) is 7.27. The van der Waals surface area contributed by atoms with Gasteiger partial charge < -0.3 is 21.5 Å². The van der Waals surface area contributed by atoms with Gasteiger partial charge in [-0.15, -0.1) is 12.4 Å². The van der Waals surface area contributed by atoms with Crippen molar-refractivity contribution in [2.24, 2.45) is 11.5 Å². The zero-order valence-electron chi connectivity index (χ0n) is 10.8. The minimum atomic E-state index is -1.03. The molecular weight excluding hydrogens is 286 g/mol. The van der Waals surface area contributed by atoms with Crippen molar-refractivity contribution in [2.75, 3.05) is 12.4 Å². The maximum Gasteiger partial charge on any atom is 0.337 e. The minimum absolute atomic E-state index is 0. The van der Waals surface area contributed by atoms with Gasteiger partial charge in [0, 0.05) is 5.69 Å². The van der Waals surface area contributed by atoms with Crippen LogP contribution in [0.15, 0.2) is 24.3 Å². The molecule has 0 saturated heterocycles. The summed E-state index contributed by atoms with van der Waals surface area (Å²) in [5.41, 5.74) is 11.1. The summed E-state index contributed by atoms with van der Waals surface area (Å²) in [5, 5.41) is 2.49. The molecule has 1 aromatic rings. The highest BCUT2D eigenvalue weighted by molar-refractivity contribution is 5.98. The van der Waals surface area contributed by atoms with E-state index in [1.165, 1.54) is 13.2 Å². The number of benzene rings is 1. The Hall–Kier alpha value is -2.12. The fourth-order valence-corrected chi connectivity index (χ4v) is 1.39. The zero-order valence-corrected chi connectivity index (χ0v) is 11.6. The number of nitrogens with one attached hydrogen (secondary N) is 1. The summed E-state index contributed by atoms with van der Waals surface area (Å²) in [5.74, 6) is -1.73. The van der Waals surface area contributed by atoms with Gasteiger partial charge in [0.2, 0.25) is 11.8 Å². The molecule has 20 heavy (non-hydrogen) atoms. The SMILES string of the molecule is COC(=O)c1cccc(NC(=O)C(N)CC(N)=O)c1.Cl. The van der Waals surface area contributed by atoms with Crippen LogP contribution >= 0.6 is 12.4 Å². The number of rotatable bonds is 5. The van der Waals surface area contributed by atoms with Crippen LogP contribution in [0.2, 0.25) is 0 Å². The van der Waals surface area contributed by atoms with Crippen LogP contribution in [-0.4, -0.2) is 30.9 Å². The first kappa shape index (κ1) is 17.9. The topological polar surface area (TPSA) is 125 Å². The molecular formula is C12H16ClN3O4. The minimum Gasteiger partial charge on any atom is -0.465 e. The molecule has 8 heteroatoms. The van der Waals surface area contributed by atoms with E-state index in [2.05, 4.69) is 10.1 Å². The van der Waals surface area contributed by atoms with Crippen LogP contribution < -0.4 is 16.8 Å². The first-order chi connectivity index (χ1) is 8.93. The average Bonchev–Trinajstić information content (AvgIpc) is 2.37. The number of halogens is 1. The predicted molar refractivity (Wildman–Crippen MR) is 75.4 cm³/mol. The summed E-state index contributed by atoms with van der Waals surface area (Å²) in [4.78, 5) is 33.6. The van der Waals surface area contributed by atoms with E-state index >= 15 is 0 Å². The lowest BCUT2D eigenvalue weighted by Crippen LogP contribution is -2.39. The van der Waals surface area contributed by atoms with Crippen LogP contribution in [-0.2, 0) is 14.3 Å². The number of primary amides is 1. The van der Waals surface area contributed by atoms with Crippen LogP contribution in [0.5, 0.6) is 0 Å². The van der Waals surface area contributed by atoms with Gasteiger partial charge in [-0.2, -0.15) is 0 Å². The second kappa shape index (κ2) is 8.13. The molecule has 1 rings (SSSR count). The van der Waals surface area contributed by atoms with Crippen LogP contribution in [0.1, 0.15) is 16.8 Å². The molecule has 5 N–H and O–H groups in total. The lowest BCUT2D eigenvalue weighted by atomic mass is 10.1. The van der Waals surface area contributed by atoms with Gasteiger partial charge in [-0.25, -0.2) is 4.79 Å². The smallest absolute Gasteiger partial charge is 0.337 e. The van der Waals surface area contributed by atoms with Gasteiger partial charge in [0.1, 0.15) is 0 Å². The Morgan fingerprint density at radius 2 is 2.00 bits per heavy atom. The third kappa shape index (κ3) is 5.25. The van der Waals surface area contributed by atoms with E-state index < -0.39 is 23.8 Å². The molecule has 0 saturated carbocycles. The third-order valence-electron chi connectivity index (χ3n) is 2.31. The van der Waals surface area contributed by atoms with E-state index in [9.17, 15) is 14.4 Å². The molecule has 7 nitrogen and oxygen atoms in total. The molecule has 1 unspecified atom stereocenters. The van der Waals surface area contributed by atoms with Crippen molar-refractivity contribution in [3.8, 4) is 0 Å². The molecule has 0 spiro atoms. The van der Waals surface area contributed by atoms with Gasteiger partial charge in [-0.05, 0) is 18.2 Å². The molecule has 0 aliphatic rings. The average molecular weight is 302 g/mol. The first-order valence-corrected chi connectivity index (χ1v) is 5.47. The van der Waals surface area contributed by atoms with E-state index in [1.807, 2.05) is 0 Å². The summed E-state index contributed by atoms with van der Waals surface area (Å²) in [6, 6.07) is 5.13. The van der Waals surface area contributed by atoms with E-state index in [-0.39, 0.29) is 18.8 Å². The lowest BCUT2D eigenvalue weighted by molar-refractivity contribution is -0.123. The fourth-order valence-electron chi connectivity index (χ4n) is 1.39. The summed E-state index contributed by atoms with van der Waals surface area (Å²) in [7, 11) is 1.26. The number of nitrogens with two attached hydrogens (primary N) is 2. The molecule has 2 amide bonds. The Morgan fingerprint density at radius 1 is 1.35 bits per heavy atom. The Balaban J connectivity index is 0.00000361. The van der Waals surface area contributed by atoms with Gasteiger partial charge in [0.05, 0.1) is 25.1 Å². The summed E-state index contributed by atoms with van der Waals surface area (Å²) >= 11 is 0. The Labute approximate surface area is 122 Å². The maximum absolute atomic E-state index is 11.6. The Morgan fingerprint density at radius 3 is 2.55 bits per heavy atom. The zero-order chi connectivity index (χ0) is 14.4. The number of amides is 2. The van der Waals surface area contributed by atoms with E-state index in [1.54, 1.807) is 18.2 Å². The second-order valence-electron chi connectivity index (χ2n) is 3.84. The van der Waals surface area contributed by atoms with Crippen molar-refractivity contribution in [1.29, 1.82) is 0 Å². The van der Waals surface area contributed by atoms with Crippen molar-refractivity contribution >= 4 is 35.9 Å². The van der Waals surface area contributed by atoms with Crippen molar-refractivity contribution in [1.82, 2.24) is 0 Å². The molecule has 0 aliphatic carbocycles. The number of esters is 1. The number of carbonyl (C=O) groups excluding carboxylic acids is 3. The second-order valence-corrected chi connectivity index (χ2v) is 3.84. The quantitative estimate of drug-likeness (QED) is 0.662. The molecule has 0 fully saturated rings. The van der Waals surface area contributed by atoms with Crippen LogP contribution in [0.4, 0.5) is 5.69 Å². The van der Waals surface area contributed by atoms with Crippen LogP contribution in [0.25, 0.3) is 0 Å². The van der Waals surface area contributed by atoms with Crippen LogP contribution in [0, 0.1) is 0 Å². The summed E-state index contributed by atoms with van der Waals surface area (Å²) in [6.45, 7) is 0. The lowest BCUT2D eigenvalue weighted by Gasteiger charge is -2.11. The largest absolute Gasteiger partial charge is 0.465 e. The molecule has 0 bridgehead atoms. The number of hydrogen-bond acceptors (Lipinski definition) is 5. The van der Waals surface area contributed by atoms with Crippen molar-refractivity contribution in [2.45, 2.75) is 12.5 Å². The van der Waals surface area contributed by atoms with Crippen molar-refractivity contribution in [3.05, 3.63) is 29.8 Å². The number of methoxy groups -OCH3 is 1. The molecule has 110 valence electrons. The highest BCUT2D eigenvalue weighted by Gasteiger charge is 2.16. The molecule has 0 radical (unpaired) electrons. The van der Waals surface area contributed by atoms with Crippen LogP contribution in [0.3, 0.4) is 0 Å². The highest BCUT2D eigenvalue weighted by Crippen LogP contribution is 2.12. The molecule has 1 atom stereocenters. The third-order valence-corrected chi connectivity index (χ3v) is 2.31. The van der Waals surface area contributed by atoms with Gasteiger partial charge >= 0.3 is 5.97 Å². The van der Waals surface area contributed by atoms with Gasteiger partial charge in [0.25, 0.3) is 0 Å². The normalized spacial score (nSPS) is 10.9. The molecule has 0 heterocycles. The van der Waals surface area contributed by atoms with Crippen molar-refractivity contribution in [3.63, 3.8) is 0 Å². The van der Waals surface area contributed by atoms with E-state index in [4.69, 9.17) is 11.5 Å². The number of ether oxygens (including phenoxy) is 1. The number of carbonyl (C=O) groups is 3. The fraction of sp³-hybridized carbons (Fsp3) is 0.250. The predicted octanol–water partition coefficient (Wildman–Crippen LogP) is 0.0362. The molecule has 0 aliphatic heterocycles. The van der Waals surface area contributed by atoms with Gasteiger partial charge in [0.15, 0.2) is 0 Å². The molecule has 0 aromatic heterocycles. The van der Waals surface area contributed by atoms with Gasteiger partial charge in [-0.1, -0.05) is 6.07 Å². The first-order valence-electron chi connectivity index (χ1n) is 5.47. The molecule has 1 aromatic carbocycles. The summed E-state index contributed by atoms with van der Waals surface area (Å²) in [6.07, 6.45) is -0.247. The highest BCUT2D eigenvalue weighted by atomic mass is 35.5. The van der Waals surface area contributed by atoms with Gasteiger partial charge in [-0.3, -0.25) is 9.59 Å². The number of anilines is 1. The number of hydrogen-bond donors (Lipinski definition) is 3. The maximum atomic E-state index is 11.6. The Bertz CT molecular complexity index is 507.